The maximum atomic E-state index is 12.7. The summed E-state index contributed by atoms with van der Waals surface area (Å²) in [4.78, 5) is 17.3. The van der Waals surface area contributed by atoms with Crippen molar-refractivity contribution in [3.8, 4) is 0 Å². The molecular formula is C16H20Br2N2O. The Morgan fingerprint density at radius 2 is 1.86 bits per heavy atom. The Balaban J connectivity index is 1.67. The zero-order valence-corrected chi connectivity index (χ0v) is 15.2. The second-order valence-corrected chi connectivity index (χ2v) is 7.68. The summed E-state index contributed by atoms with van der Waals surface area (Å²) in [6.45, 7) is 4.15. The smallest absolute Gasteiger partial charge is 0.255 e. The normalized spacial score (nSPS) is 23.5. The largest absolute Gasteiger partial charge is 0.337 e. The van der Waals surface area contributed by atoms with Gasteiger partial charge in [-0.05, 0) is 66.5 Å². The summed E-state index contributed by atoms with van der Waals surface area (Å²) < 4.78 is 1.82. The van der Waals surface area contributed by atoms with Crippen LogP contribution in [0.4, 0.5) is 0 Å². The van der Waals surface area contributed by atoms with Crippen molar-refractivity contribution >= 4 is 37.8 Å². The molecule has 1 aromatic carbocycles. The molecule has 0 spiro atoms. The third-order valence-corrected chi connectivity index (χ3v) is 5.70. The molecule has 2 aliphatic rings. The first-order valence-electron chi connectivity index (χ1n) is 7.63. The lowest BCUT2D eigenvalue weighted by Crippen LogP contribution is -2.41. The Hall–Kier alpha value is -0.390. The van der Waals surface area contributed by atoms with Gasteiger partial charge in [0.2, 0.25) is 0 Å². The van der Waals surface area contributed by atoms with Gasteiger partial charge in [0.15, 0.2) is 0 Å². The molecule has 2 saturated heterocycles. The van der Waals surface area contributed by atoms with E-state index < -0.39 is 0 Å². The molecule has 0 bridgehead atoms. The molecule has 1 atom stereocenters. The minimum absolute atomic E-state index is 0.141. The van der Waals surface area contributed by atoms with Crippen molar-refractivity contribution in [3.63, 3.8) is 0 Å². The number of piperidine rings is 1. The number of hydrogen-bond donors (Lipinski definition) is 0. The molecule has 21 heavy (non-hydrogen) atoms. The van der Waals surface area contributed by atoms with Crippen LogP contribution in [-0.2, 0) is 0 Å². The third kappa shape index (κ3) is 3.51. The number of hydrogen-bond acceptors (Lipinski definition) is 2. The fourth-order valence-electron chi connectivity index (χ4n) is 3.34. The summed E-state index contributed by atoms with van der Waals surface area (Å²) >= 11 is 6.94. The molecule has 0 N–H and O–H groups in total. The van der Waals surface area contributed by atoms with Crippen LogP contribution < -0.4 is 0 Å². The van der Waals surface area contributed by atoms with E-state index >= 15 is 0 Å². The predicted octanol–water partition coefficient (Wildman–Crippen LogP) is 3.91. The molecule has 3 nitrogen and oxygen atoms in total. The molecule has 114 valence electrons. The summed E-state index contributed by atoms with van der Waals surface area (Å²) in [6, 6.07) is 6.33. The lowest BCUT2D eigenvalue weighted by atomic mass is 10.1. The number of carbonyl (C=O) groups is 1. The van der Waals surface area contributed by atoms with E-state index in [1.165, 1.54) is 32.4 Å². The minimum atomic E-state index is 0.141. The zero-order chi connectivity index (χ0) is 14.8. The lowest BCUT2D eigenvalue weighted by Gasteiger charge is -2.32. The number of halogens is 2. The van der Waals surface area contributed by atoms with Gasteiger partial charge in [0.05, 0.1) is 5.56 Å². The molecule has 0 aliphatic carbocycles. The van der Waals surface area contributed by atoms with Crippen LogP contribution in [0.5, 0.6) is 0 Å². The van der Waals surface area contributed by atoms with Gasteiger partial charge in [0.1, 0.15) is 0 Å². The number of amides is 1. The molecular weight excluding hydrogens is 396 g/mol. The van der Waals surface area contributed by atoms with Crippen LogP contribution in [0, 0.1) is 0 Å². The average Bonchev–Trinajstić information content (AvgIpc) is 3.00. The van der Waals surface area contributed by atoms with Gasteiger partial charge < -0.3 is 4.90 Å². The Labute approximate surface area is 142 Å². The van der Waals surface area contributed by atoms with Crippen molar-refractivity contribution in [2.45, 2.75) is 31.7 Å². The molecule has 2 heterocycles. The third-order valence-electron chi connectivity index (χ3n) is 4.52. The number of carbonyl (C=O) groups excluding carboxylic acids is 1. The van der Waals surface area contributed by atoms with E-state index in [2.05, 4.69) is 36.8 Å². The van der Waals surface area contributed by atoms with E-state index in [0.29, 0.717) is 6.04 Å². The highest BCUT2D eigenvalue weighted by Gasteiger charge is 2.31. The first kappa shape index (κ1) is 15.5. The van der Waals surface area contributed by atoms with Crippen LogP contribution in [0.1, 0.15) is 36.0 Å². The van der Waals surface area contributed by atoms with Crippen LogP contribution in [0.25, 0.3) is 0 Å². The van der Waals surface area contributed by atoms with Gasteiger partial charge in [-0.25, -0.2) is 0 Å². The van der Waals surface area contributed by atoms with Crippen molar-refractivity contribution in [1.82, 2.24) is 9.80 Å². The summed E-state index contributed by atoms with van der Waals surface area (Å²) in [5, 5.41) is 0. The van der Waals surface area contributed by atoms with Crippen LogP contribution >= 0.6 is 31.9 Å². The molecule has 2 aliphatic heterocycles. The van der Waals surface area contributed by atoms with Crippen molar-refractivity contribution < 1.29 is 4.79 Å². The van der Waals surface area contributed by atoms with Crippen molar-refractivity contribution in [2.24, 2.45) is 0 Å². The molecule has 5 heteroatoms. The van der Waals surface area contributed by atoms with Gasteiger partial charge in [0, 0.05) is 28.1 Å². The van der Waals surface area contributed by atoms with Gasteiger partial charge in [-0.3, -0.25) is 9.69 Å². The van der Waals surface area contributed by atoms with Gasteiger partial charge in [-0.2, -0.15) is 0 Å². The highest BCUT2D eigenvalue weighted by atomic mass is 79.9. The minimum Gasteiger partial charge on any atom is -0.337 e. The highest BCUT2D eigenvalue weighted by molar-refractivity contribution is 9.11. The SMILES string of the molecule is O=C(c1cc(Br)ccc1Br)N1CCC(N2CCCCC2)C1. The van der Waals surface area contributed by atoms with Crippen LogP contribution in [0.15, 0.2) is 27.1 Å². The lowest BCUT2D eigenvalue weighted by molar-refractivity contribution is 0.0770. The first-order valence-corrected chi connectivity index (χ1v) is 9.22. The predicted molar refractivity (Wildman–Crippen MR) is 91.6 cm³/mol. The number of nitrogens with zero attached hydrogens (tertiary/aromatic N) is 2. The second-order valence-electron chi connectivity index (χ2n) is 5.91. The van der Waals surface area contributed by atoms with Crippen molar-refractivity contribution in [1.29, 1.82) is 0 Å². The molecule has 1 amide bonds. The molecule has 3 rings (SSSR count). The Morgan fingerprint density at radius 1 is 1.10 bits per heavy atom. The van der Waals surface area contributed by atoms with E-state index in [4.69, 9.17) is 0 Å². The summed E-state index contributed by atoms with van der Waals surface area (Å²) in [5.41, 5.74) is 0.753. The molecule has 1 unspecified atom stereocenters. The van der Waals surface area contributed by atoms with E-state index in [1.807, 2.05) is 23.1 Å². The standard InChI is InChI=1S/C16H20Br2N2O/c17-12-4-5-15(18)14(10-12)16(21)20-9-6-13(11-20)19-7-2-1-3-8-19/h4-5,10,13H,1-3,6-9,11H2. The maximum Gasteiger partial charge on any atom is 0.255 e. The molecule has 0 aromatic heterocycles. The van der Waals surface area contributed by atoms with Crippen LogP contribution in [0.2, 0.25) is 0 Å². The average molecular weight is 416 g/mol. The molecule has 0 saturated carbocycles. The van der Waals surface area contributed by atoms with E-state index in [0.717, 1.165) is 34.0 Å². The first-order chi connectivity index (χ1) is 10.1. The Kier molecular flexibility index (Phi) is 5.02. The molecule has 1 aromatic rings. The van der Waals surface area contributed by atoms with Gasteiger partial charge in [-0.1, -0.05) is 22.4 Å². The Bertz CT molecular complexity index is 529. The van der Waals surface area contributed by atoms with Crippen molar-refractivity contribution in [3.05, 3.63) is 32.7 Å². The maximum absolute atomic E-state index is 12.7. The van der Waals surface area contributed by atoms with Gasteiger partial charge in [0.25, 0.3) is 5.91 Å². The second kappa shape index (κ2) is 6.80. The summed E-state index contributed by atoms with van der Waals surface area (Å²) in [7, 11) is 0. The van der Waals surface area contributed by atoms with E-state index in [1.54, 1.807) is 0 Å². The Morgan fingerprint density at radius 3 is 2.62 bits per heavy atom. The summed E-state index contributed by atoms with van der Waals surface area (Å²) in [6.07, 6.45) is 5.08. The quantitative estimate of drug-likeness (QED) is 0.730. The van der Waals surface area contributed by atoms with E-state index in [-0.39, 0.29) is 5.91 Å². The van der Waals surface area contributed by atoms with E-state index in [9.17, 15) is 4.79 Å². The van der Waals surface area contributed by atoms with Gasteiger partial charge >= 0.3 is 0 Å². The zero-order valence-electron chi connectivity index (χ0n) is 12.0. The number of benzene rings is 1. The van der Waals surface area contributed by atoms with Gasteiger partial charge in [-0.15, -0.1) is 0 Å². The topological polar surface area (TPSA) is 23.6 Å². The number of rotatable bonds is 2. The highest BCUT2D eigenvalue weighted by Crippen LogP contribution is 2.26. The summed E-state index contributed by atoms with van der Waals surface area (Å²) in [5.74, 6) is 0.141. The number of likely N-dealkylation sites (tertiary alicyclic amines) is 2. The molecule has 2 fully saturated rings. The fourth-order valence-corrected chi connectivity index (χ4v) is 4.12. The van der Waals surface area contributed by atoms with Crippen LogP contribution in [0.3, 0.4) is 0 Å². The van der Waals surface area contributed by atoms with Crippen molar-refractivity contribution in [2.75, 3.05) is 26.2 Å². The fraction of sp³-hybridized carbons (Fsp3) is 0.562. The van der Waals surface area contributed by atoms with Crippen LogP contribution in [-0.4, -0.2) is 47.9 Å². The monoisotopic (exact) mass is 414 g/mol. The molecule has 0 radical (unpaired) electrons.